The molecule has 0 saturated heterocycles. The number of hydrogen-bond donors (Lipinski definition) is 1. The van der Waals surface area contributed by atoms with Crippen LogP contribution in [0.3, 0.4) is 0 Å². The lowest BCUT2D eigenvalue weighted by Crippen LogP contribution is -2.11. The van der Waals surface area contributed by atoms with E-state index in [1.54, 1.807) is 11.3 Å². The molecule has 0 fully saturated rings. The van der Waals surface area contributed by atoms with Gasteiger partial charge in [0, 0.05) is 10.9 Å². The van der Waals surface area contributed by atoms with Crippen LogP contribution in [0.25, 0.3) is 10.6 Å². The summed E-state index contributed by atoms with van der Waals surface area (Å²) in [4.78, 5) is 4.70. The lowest BCUT2D eigenvalue weighted by atomic mass is 9.89. The molecule has 0 saturated carbocycles. The molecule has 2 aromatic carbocycles. The molecule has 1 aliphatic rings. The van der Waals surface area contributed by atoms with Gasteiger partial charge >= 0.3 is 0 Å². The molecular formula is C22H23NO3S. The fourth-order valence-corrected chi connectivity index (χ4v) is 4.25. The fraction of sp³-hybridized carbons (Fsp3) is 0.318. The minimum atomic E-state index is -0.372. The van der Waals surface area contributed by atoms with Gasteiger partial charge in [-0.05, 0) is 67.6 Å². The maximum Gasteiger partial charge on any atom is 0.131 e. The van der Waals surface area contributed by atoms with Gasteiger partial charge in [0.15, 0.2) is 0 Å². The molecule has 1 atom stereocenters. The predicted molar refractivity (Wildman–Crippen MR) is 107 cm³/mol. The first-order valence-corrected chi connectivity index (χ1v) is 10.2. The van der Waals surface area contributed by atoms with E-state index >= 15 is 0 Å². The van der Waals surface area contributed by atoms with Crippen LogP contribution in [0.15, 0.2) is 47.8 Å². The second kappa shape index (κ2) is 8.11. The van der Waals surface area contributed by atoms with Crippen molar-refractivity contribution in [3.8, 4) is 22.1 Å². The SMILES string of the molecule is CCOc1ccc(-c2nc(COc3cccc4c3CCC[C@H]4O)cs2)cc1. The summed E-state index contributed by atoms with van der Waals surface area (Å²) in [6.07, 6.45) is 2.40. The number of fused-ring (bicyclic) bond motifs is 1. The first-order chi connectivity index (χ1) is 13.2. The number of aliphatic hydroxyl groups excluding tert-OH is 1. The van der Waals surface area contributed by atoms with Crippen molar-refractivity contribution in [1.29, 1.82) is 0 Å². The highest BCUT2D eigenvalue weighted by Gasteiger charge is 2.21. The number of ether oxygens (including phenoxy) is 2. The van der Waals surface area contributed by atoms with Crippen molar-refractivity contribution in [3.05, 3.63) is 64.7 Å². The first kappa shape index (κ1) is 18.0. The lowest BCUT2D eigenvalue weighted by Gasteiger charge is -2.23. The third kappa shape index (κ3) is 3.99. The molecule has 0 unspecified atom stereocenters. The standard InChI is InChI=1S/C22H23NO3S/c1-2-25-17-11-9-15(10-12-17)22-23-16(14-27-22)13-26-21-8-4-5-18-19(21)6-3-7-20(18)24/h4-5,8-12,14,20,24H,2-3,6-7,13H2,1H3/t20-/m1/s1. The Morgan fingerprint density at radius 2 is 2.00 bits per heavy atom. The molecule has 0 radical (unpaired) electrons. The molecule has 0 spiro atoms. The highest BCUT2D eigenvalue weighted by Crippen LogP contribution is 2.35. The Balaban J connectivity index is 1.45. The number of rotatable bonds is 6. The summed E-state index contributed by atoms with van der Waals surface area (Å²) in [6, 6.07) is 13.9. The van der Waals surface area contributed by atoms with E-state index in [0.29, 0.717) is 13.2 Å². The van der Waals surface area contributed by atoms with Gasteiger partial charge < -0.3 is 14.6 Å². The number of thiazole rings is 1. The van der Waals surface area contributed by atoms with E-state index in [1.165, 1.54) is 0 Å². The molecule has 4 nitrogen and oxygen atoms in total. The first-order valence-electron chi connectivity index (χ1n) is 9.35. The van der Waals surface area contributed by atoms with Crippen molar-refractivity contribution in [2.75, 3.05) is 6.61 Å². The minimum Gasteiger partial charge on any atom is -0.494 e. The number of aromatic nitrogens is 1. The van der Waals surface area contributed by atoms with Crippen LogP contribution in [0.2, 0.25) is 0 Å². The molecule has 3 aromatic rings. The average molecular weight is 381 g/mol. The molecule has 1 aromatic heterocycles. The third-order valence-electron chi connectivity index (χ3n) is 4.77. The smallest absolute Gasteiger partial charge is 0.131 e. The van der Waals surface area contributed by atoms with Crippen molar-refractivity contribution >= 4 is 11.3 Å². The van der Waals surface area contributed by atoms with Crippen molar-refractivity contribution in [2.45, 2.75) is 38.9 Å². The molecule has 1 heterocycles. The van der Waals surface area contributed by atoms with E-state index in [0.717, 1.165) is 58.2 Å². The summed E-state index contributed by atoms with van der Waals surface area (Å²) in [7, 11) is 0. The number of hydrogen-bond acceptors (Lipinski definition) is 5. The Labute approximate surface area is 163 Å². The molecule has 140 valence electrons. The van der Waals surface area contributed by atoms with Crippen molar-refractivity contribution in [1.82, 2.24) is 4.98 Å². The maximum atomic E-state index is 10.2. The van der Waals surface area contributed by atoms with E-state index in [4.69, 9.17) is 14.5 Å². The van der Waals surface area contributed by atoms with Gasteiger partial charge in [-0.2, -0.15) is 0 Å². The average Bonchev–Trinajstić information content (AvgIpc) is 3.17. The van der Waals surface area contributed by atoms with Crippen molar-refractivity contribution < 1.29 is 14.6 Å². The van der Waals surface area contributed by atoms with Crippen LogP contribution < -0.4 is 9.47 Å². The number of benzene rings is 2. The van der Waals surface area contributed by atoms with Crippen LogP contribution in [0, 0.1) is 0 Å². The number of nitrogens with zero attached hydrogens (tertiary/aromatic N) is 1. The largest absolute Gasteiger partial charge is 0.494 e. The second-order valence-corrected chi connectivity index (χ2v) is 7.48. The summed E-state index contributed by atoms with van der Waals surface area (Å²) >= 11 is 1.61. The highest BCUT2D eigenvalue weighted by atomic mass is 32.1. The topological polar surface area (TPSA) is 51.6 Å². The lowest BCUT2D eigenvalue weighted by molar-refractivity contribution is 0.155. The molecule has 1 N–H and O–H groups in total. The van der Waals surface area contributed by atoms with E-state index < -0.39 is 0 Å². The zero-order valence-corrected chi connectivity index (χ0v) is 16.2. The van der Waals surface area contributed by atoms with Gasteiger partial charge in [0.05, 0.1) is 18.4 Å². The Bertz CT molecular complexity index is 904. The van der Waals surface area contributed by atoms with Crippen LogP contribution in [-0.2, 0) is 13.0 Å². The predicted octanol–water partition coefficient (Wildman–Crippen LogP) is 5.16. The summed E-state index contributed by atoms with van der Waals surface area (Å²) < 4.78 is 11.5. The zero-order valence-electron chi connectivity index (χ0n) is 15.4. The zero-order chi connectivity index (χ0) is 18.6. The normalized spacial score (nSPS) is 16.0. The van der Waals surface area contributed by atoms with Crippen LogP contribution in [0.5, 0.6) is 11.5 Å². The fourth-order valence-electron chi connectivity index (χ4n) is 3.44. The van der Waals surface area contributed by atoms with Gasteiger partial charge in [0.25, 0.3) is 0 Å². The van der Waals surface area contributed by atoms with Gasteiger partial charge in [-0.1, -0.05) is 12.1 Å². The molecular weight excluding hydrogens is 358 g/mol. The van der Waals surface area contributed by atoms with Crippen molar-refractivity contribution in [2.24, 2.45) is 0 Å². The van der Waals surface area contributed by atoms with Gasteiger partial charge in [-0.25, -0.2) is 4.98 Å². The van der Waals surface area contributed by atoms with Crippen LogP contribution in [-0.4, -0.2) is 16.7 Å². The van der Waals surface area contributed by atoms with Gasteiger partial charge in [0.1, 0.15) is 23.1 Å². The van der Waals surface area contributed by atoms with E-state index in [9.17, 15) is 5.11 Å². The molecule has 0 aliphatic heterocycles. The highest BCUT2D eigenvalue weighted by molar-refractivity contribution is 7.13. The molecule has 0 bridgehead atoms. The molecule has 1 aliphatic carbocycles. The van der Waals surface area contributed by atoms with Crippen molar-refractivity contribution in [3.63, 3.8) is 0 Å². The Kier molecular flexibility index (Phi) is 5.41. The summed E-state index contributed by atoms with van der Waals surface area (Å²) in [5.41, 5.74) is 4.14. The Hall–Kier alpha value is -2.37. The Morgan fingerprint density at radius 1 is 1.15 bits per heavy atom. The number of aliphatic hydroxyl groups is 1. The van der Waals surface area contributed by atoms with Gasteiger partial charge in [0.2, 0.25) is 0 Å². The quantitative estimate of drug-likeness (QED) is 0.641. The molecule has 5 heteroatoms. The second-order valence-electron chi connectivity index (χ2n) is 6.62. The van der Waals surface area contributed by atoms with E-state index in [1.807, 2.05) is 54.8 Å². The molecule has 0 amide bonds. The maximum absolute atomic E-state index is 10.2. The third-order valence-corrected chi connectivity index (χ3v) is 5.71. The molecule has 4 rings (SSSR count). The van der Waals surface area contributed by atoms with Gasteiger partial charge in [-0.3, -0.25) is 0 Å². The van der Waals surface area contributed by atoms with Crippen LogP contribution in [0.4, 0.5) is 0 Å². The summed E-state index contributed by atoms with van der Waals surface area (Å²) in [6.45, 7) is 3.07. The Morgan fingerprint density at radius 3 is 2.81 bits per heavy atom. The molecule has 27 heavy (non-hydrogen) atoms. The van der Waals surface area contributed by atoms with E-state index in [-0.39, 0.29) is 6.10 Å². The monoisotopic (exact) mass is 381 g/mol. The minimum absolute atomic E-state index is 0.372. The van der Waals surface area contributed by atoms with Crippen LogP contribution in [0.1, 0.15) is 42.7 Å². The van der Waals surface area contributed by atoms with E-state index in [2.05, 4.69) is 0 Å². The summed E-state index contributed by atoms with van der Waals surface area (Å²) in [5, 5.41) is 13.2. The van der Waals surface area contributed by atoms with Crippen LogP contribution >= 0.6 is 11.3 Å². The van der Waals surface area contributed by atoms with Gasteiger partial charge in [-0.15, -0.1) is 11.3 Å². The summed E-state index contributed by atoms with van der Waals surface area (Å²) in [5.74, 6) is 1.74.